The highest BCUT2D eigenvalue weighted by molar-refractivity contribution is 8.04. The van der Waals surface area contributed by atoms with Crippen LogP contribution in [0.25, 0.3) is 0 Å². The summed E-state index contributed by atoms with van der Waals surface area (Å²) >= 11 is 1.43. The van der Waals surface area contributed by atoms with Gasteiger partial charge < -0.3 is 20.1 Å². The van der Waals surface area contributed by atoms with Gasteiger partial charge in [0.15, 0.2) is 10.8 Å². The normalized spacial score (nSPS) is 15.2. The number of nitrogens with zero attached hydrogens (tertiary/aromatic N) is 1. The lowest BCUT2D eigenvalue weighted by Gasteiger charge is -2.24. The summed E-state index contributed by atoms with van der Waals surface area (Å²) in [5.41, 5.74) is 5.26. The van der Waals surface area contributed by atoms with Gasteiger partial charge in [-0.3, -0.25) is 0 Å². The molecule has 3 N–H and O–H groups in total. The number of aliphatic imine (C=N–C) groups is 1. The topological polar surface area (TPSA) is 57.7 Å². The molecule has 0 spiro atoms. The SMILES string of the molecule is Cc1ccccc1NSC1=C2OC=CC=C2NC(Nc2ccccc2C)=N1. The van der Waals surface area contributed by atoms with Crippen LogP contribution in [0.3, 0.4) is 0 Å². The zero-order valence-electron chi connectivity index (χ0n) is 15.1. The first-order chi connectivity index (χ1) is 13.2. The van der Waals surface area contributed by atoms with Crippen LogP contribution < -0.4 is 15.4 Å². The Morgan fingerprint density at radius 1 is 0.963 bits per heavy atom. The number of para-hydroxylation sites is 2. The van der Waals surface area contributed by atoms with Gasteiger partial charge in [0.25, 0.3) is 0 Å². The van der Waals surface area contributed by atoms with Crippen molar-refractivity contribution in [2.75, 3.05) is 10.0 Å². The van der Waals surface area contributed by atoms with E-state index < -0.39 is 0 Å². The number of allylic oxidation sites excluding steroid dienone is 2. The highest BCUT2D eigenvalue weighted by Gasteiger charge is 2.23. The fraction of sp³-hybridized carbons (Fsp3) is 0.0952. The maximum absolute atomic E-state index is 5.71. The molecule has 27 heavy (non-hydrogen) atoms. The number of ether oxygens (including phenoxy) is 1. The predicted molar refractivity (Wildman–Crippen MR) is 113 cm³/mol. The van der Waals surface area contributed by atoms with Gasteiger partial charge in [0.05, 0.1) is 12.0 Å². The fourth-order valence-electron chi connectivity index (χ4n) is 2.71. The van der Waals surface area contributed by atoms with Crippen molar-refractivity contribution in [2.45, 2.75) is 13.8 Å². The van der Waals surface area contributed by atoms with Crippen molar-refractivity contribution in [3.05, 3.63) is 94.6 Å². The summed E-state index contributed by atoms with van der Waals surface area (Å²) < 4.78 is 9.08. The van der Waals surface area contributed by atoms with Crippen LogP contribution in [0.1, 0.15) is 11.1 Å². The minimum Gasteiger partial charge on any atom is -0.460 e. The third-order valence-corrected chi connectivity index (χ3v) is 5.03. The van der Waals surface area contributed by atoms with Crippen molar-refractivity contribution in [1.29, 1.82) is 0 Å². The average Bonchev–Trinajstić information content (AvgIpc) is 2.69. The summed E-state index contributed by atoms with van der Waals surface area (Å²) in [5, 5.41) is 7.41. The van der Waals surface area contributed by atoms with Gasteiger partial charge in [0, 0.05) is 23.3 Å². The molecule has 2 heterocycles. The Bertz CT molecular complexity index is 991. The second-order valence-electron chi connectivity index (χ2n) is 6.21. The second-order valence-corrected chi connectivity index (χ2v) is 7.00. The van der Waals surface area contributed by atoms with Crippen molar-refractivity contribution in [3.63, 3.8) is 0 Å². The summed E-state index contributed by atoms with van der Waals surface area (Å²) in [6, 6.07) is 16.3. The Morgan fingerprint density at radius 3 is 2.41 bits per heavy atom. The third-order valence-electron chi connectivity index (χ3n) is 4.23. The third kappa shape index (κ3) is 3.85. The first kappa shape index (κ1) is 17.3. The highest BCUT2D eigenvalue weighted by atomic mass is 32.2. The van der Waals surface area contributed by atoms with E-state index in [0.29, 0.717) is 11.7 Å². The van der Waals surface area contributed by atoms with Gasteiger partial charge in [-0.05, 0) is 49.3 Å². The summed E-state index contributed by atoms with van der Waals surface area (Å²) in [4.78, 5) is 4.72. The largest absolute Gasteiger partial charge is 0.460 e. The van der Waals surface area contributed by atoms with Gasteiger partial charge in [-0.2, -0.15) is 0 Å². The predicted octanol–water partition coefficient (Wildman–Crippen LogP) is 5.03. The Morgan fingerprint density at radius 2 is 1.67 bits per heavy atom. The van der Waals surface area contributed by atoms with Gasteiger partial charge in [-0.25, -0.2) is 4.99 Å². The number of nitrogens with one attached hydrogen (secondary N) is 3. The van der Waals surface area contributed by atoms with E-state index in [0.717, 1.165) is 27.7 Å². The minimum atomic E-state index is 0.660. The quantitative estimate of drug-likeness (QED) is 0.653. The van der Waals surface area contributed by atoms with Crippen molar-refractivity contribution < 1.29 is 4.74 Å². The lowest BCUT2D eigenvalue weighted by atomic mass is 10.2. The molecule has 2 aromatic rings. The van der Waals surface area contributed by atoms with Crippen molar-refractivity contribution in [3.8, 4) is 0 Å². The summed E-state index contributed by atoms with van der Waals surface area (Å²) in [5.74, 6) is 1.37. The zero-order valence-corrected chi connectivity index (χ0v) is 15.9. The number of benzene rings is 2. The maximum Gasteiger partial charge on any atom is 0.206 e. The smallest absolute Gasteiger partial charge is 0.206 e. The molecule has 2 aliphatic rings. The summed E-state index contributed by atoms with van der Waals surface area (Å²) in [6.07, 6.45) is 5.49. The monoisotopic (exact) mass is 376 g/mol. The van der Waals surface area contributed by atoms with Crippen LogP contribution in [-0.4, -0.2) is 5.96 Å². The fourth-order valence-corrected chi connectivity index (χ4v) is 3.54. The van der Waals surface area contributed by atoms with Crippen LogP contribution >= 0.6 is 11.9 Å². The van der Waals surface area contributed by atoms with E-state index in [4.69, 9.17) is 9.73 Å². The molecule has 0 saturated heterocycles. The van der Waals surface area contributed by atoms with E-state index in [1.165, 1.54) is 17.5 Å². The van der Waals surface area contributed by atoms with E-state index in [9.17, 15) is 0 Å². The van der Waals surface area contributed by atoms with Crippen molar-refractivity contribution >= 4 is 29.3 Å². The molecule has 2 aliphatic heterocycles. The van der Waals surface area contributed by atoms with Crippen LogP contribution in [0.15, 0.2) is 88.4 Å². The van der Waals surface area contributed by atoms with E-state index in [-0.39, 0.29) is 0 Å². The van der Waals surface area contributed by atoms with Gasteiger partial charge >= 0.3 is 0 Å². The number of fused-ring (bicyclic) bond motifs is 1. The summed E-state index contributed by atoms with van der Waals surface area (Å²) in [7, 11) is 0. The Balaban J connectivity index is 1.60. The van der Waals surface area contributed by atoms with Gasteiger partial charge in [0.2, 0.25) is 5.96 Å². The molecule has 0 bridgehead atoms. The van der Waals surface area contributed by atoms with E-state index in [2.05, 4.69) is 41.3 Å². The van der Waals surface area contributed by atoms with Gasteiger partial charge in [-0.15, -0.1) is 0 Å². The van der Waals surface area contributed by atoms with E-state index in [1.807, 2.05) is 48.6 Å². The minimum absolute atomic E-state index is 0.660. The second kappa shape index (κ2) is 7.63. The molecule has 0 saturated carbocycles. The number of hydrogen-bond acceptors (Lipinski definition) is 6. The molecular weight excluding hydrogens is 356 g/mol. The summed E-state index contributed by atoms with van der Waals surface area (Å²) in [6.45, 7) is 4.14. The molecule has 0 atom stereocenters. The van der Waals surface area contributed by atoms with E-state index in [1.54, 1.807) is 6.26 Å². The first-order valence-electron chi connectivity index (χ1n) is 8.66. The van der Waals surface area contributed by atoms with Gasteiger partial charge in [-0.1, -0.05) is 36.4 Å². The number of hydrogen-bond donors (Lipinski definition) is 3. The molecule has 6 heteroatoms. The zero-order chi connectivity index (χ0) is 18.6. The Labute approximate surface area is 163 Å². The van der Waals surface area contributed by atoms with Crippen molar-refractivity contribution in [1.82, 2.24) is 5.32 Å². The van der Waals surface area contributed by atoms with Gasteiger partial charge in [0.1, 0.15) is 0 Å². The average molecular weight is 376 g/mol. The Hall–Kier alpha value is -3.12. The molecule has 5 nitrogen and oxygen atoms in total. The standard InChI is InChI=1S/C21H20N4OS/c1-14-8-3-5-10-16(14)22-21-23-18-12-7-13-26-19(18)20(24-21)27-25-17-11-6-4-9-15(17)2/h3-13,25H,1-2H3,(H2,22,23,24). The lowest BCUT2D eigenvalue weighted by molar-refractivity contribution is 0.349. The highest BCUT2D eigenvalue weighted by Crippen LogP contribution is 2.32. The maximum atomic E-state index is 5.71. The lowest BCUT2D eigenvalue weighted by Crippen LogP contribution is -2.34. The van der Waals surface area contributed by atoms with Crippen LogP contribution in [0, 0.1) is 13.8 Å². The molecule has 0 aromatic heterocycles. The van der Waals surface area contributed by atoms with Crippen LogP contribution in [0.4, 0.5) is 11.4 Å². The van der Waals surface area contributed by atoms with E-state index >= 15 is 0 Å². The number of aryl methyl sites for hydroxylation is 2. The van der Waals surface area contributed by atoms with Crippen LogP contribution in [0.5, 0.6) is 0 Å². The molecular formula is C21H20N4OS. The molecule has 2 aromatic carbocycles. The first-order valence-corrected chi connectivity index (χ1v) is 9.47. The molecule has 0 fully saturated rings. The number of guanidine groups is 1. The number of rotatable bonds is 4. The Kier molecular flexibility index (Phi) is 4.89. The van der Waals surface area contributed by atoms with Crippen LogP contribution in [0.2, 0.25) is 0 Å². The molecule has 0 amide bonds. The van der Waals surface area contributed by atoms with Crippen molar-refractivity contribution in [2.24, 2.45) is 4.99 Å². The van der Waals surface area contributed by atoms with Crippen LogP contribution in [-0.2, 0) is 4.74 Å². The molecule has 136 valence electrons. The number of anilines is 2. The molecule has 4 rings (SSSR count). The molecule has 0 aliphatic carbocycles. The molecule has 0 radical (unpaired) electrons. The molecule has 0 unspecified atom stereocenters.